The van der Waals surface area contributed by atoms with Gasteiger partial charge in [0.2, 0.25) is 0 Å². The minimum absolute atomic E-state index is 0.0703. The molecule has 3 rings (SSSR count). The summed E-state index contributed by atoms with van der Waals surface area (Å²) >= 11 is 0. The first-order chi connectivity index (χ1) is 11.9. The lowest BCUT2D eigenvalue weighted by molar-refractivity contribution is 0.120. The van der Waals surface area contributed by atoms with Crippen LogP contribution in [0.1, 0.15) is 48.3 Å². The number of nitrogens with one attached hydrogen (secondary N) is 1. The summed E-state index contributed by atoms with van der Waals surface area (Å²) in [5.74, 6) is 0.315. The average Bonchev–Trinajstić information content (AvgIpc) is 2.96. The SMILES string of the molecule is COC(C)c1cccc2[nH]c(C)c(C(C)c3ccc(N(C)C)cc3)c12. The average molecular weight is 336 g/mol. The number of anilines is 1. The standard InChI is InChI=1S/C22H28N2O/c1-14(17-10-12-18(13-11-17)24(4)5)21-15(2)23-20-9-7-8-19(22(20)21)16(3)25-6/h7-14,16,23H,1-6H3. The monoisotopic (exact) mass is 336 g/mol. The van der Waals surface area contributed by atoms with Crippen LogP contribution in [0.25, 0.3) is 10.9 Å². The number of benzene rings is 2. The molecule has 0 bridgehead atoms. The van der Waals surface area contributed by atoms with Crippen molar-refractivity contribution in [3.8, 4) is 0 Å². The number of fused-ring (bicyclic) bond motifs is 1. The molecule has 2 unspecified atom stereocenters. The largest absolute Gasteiger partial charge is 0.378 e. The van der Waals surface area contributed by atoms with E-state index in [1.165, 1.54) is 39.0 Å². The Bertz CT molecular complexity index is 862. The highest BCUT2D eigenvalue weighted by molar-refractivity contribution is 5.89. The van der Waals surface area contributed by atoms with Gasteiger partial charge < -0.3 is 14.6 Å². The van der Waals surface area contributed by atoms with Gasteiger partial charge in [0.05, 0.1) is 6.10 Å². The molecule has 0 amide bonds. The molecule has 0 saturated carbocycles. The maximum Gasteiger partial charge on any atom is 0.0799 e. The van der Waals surface area contributed by atoms with Gasteiger partial charge in [0.15, 0.2) is 0 Å². The van der Waals surface area contributed by atoms with E-state index >= 15 is 0 Å². The van der Waals surface area contributed by atoms with Crippen molar-refractivity contribution in [1.82, 2.24) is 4.98 Å². The number of hydrogen-bond acceptors (Lipinski definition) is 2. The number of hydrogen-bond donors (Lipinski definition) is 1. The van der Waals surface area contributed by atoms with Crippen LogP contribution in [-0.4, -0.2) is 26.2 Å². The second-order valence-corrected chi connectivity index (χ2v) is 7.02. The molecule has 3 heteroatoms. The molecule has 2 atom stereocenters. The van der Waals surface area contributed by atoms with Crippen LogP contribution in [0, 0.1) is 6.92 Å². The van der Waals surface area contributed by atoms with E-state index < -0.39 is 0 Å². The molecular formula is C22H28N2O. The van der Waals surface area contributed by atoms with Gasteiger partial charge in [-0.1, -0.05) is 31.2 Å². The van der Waals surface area contributed by atoms with E-state index in [-0.39, 0.29) is 6.10 Å². The molecule has 0 aliphatic carbocycles. The number of ether oxygens (including phenoxy) is 1. The van der Waals surface area contributed by atoms with Crippen molar-refractivity contribution in [2.75, 3.05) is 26.1 Å². The fourth-order valence-electron chi connectivity index (χ4n) is 3.67. The summed E-state index contributed by atoms with van der Waals surface area (Å²) < 4.78 is 5.62. The fourth-order valence-corrected chi connectivity index (χ4v) is 3.67. The molecule has 1 aromatic heterocycles. The number of aromatic nitrogens is 1. The molecule has 25 heavy (non-hydrogen) atoms. The maximum absolute atomic E-state index is 5.62. The van der Waals surface area contributed by atoms with Crippen molar-refractivity contribution in [1.29, 1.82) is 0 Å². The molecule has 0 fully saturated rings. The number of methoxy groups -OCH3 is 1. The van der Waals surface area contributed by atoms with E-state index in [9.17, 15) is 0 Å². The first-order valence-electron chi connectivity index (χ1n) is 8.85. The van der Waals surface area contributed by atoms with Gasteiger partial charge in [0.1, 0.15) is 0 Å². The fraction of sp³-hybridized carbons (Fsp3) is 0.364. The van der Waals surface area contributed by atoms with Crippen molar-refractivity contribution < 1.29 is 4.74 Å². The van der Waals surface area contributed by atoms with E-state index in [1.807, 2.05) is 0 Å². The van der Waals surface area contributed by atoms with Crippen LogP contribution >= 0.6 is 0 Å². The second-order valence-electron chi connectivity index (χ2n) is 7.02. The smallest absolute Gasteiger partial charge is 0.0799 e. The van der Waals surface area contributed by atoms with Crippen molar-refractivity contribution in [2.45, 2.75) is 32.8 Å². The van der Waals surface area contributed by atoms with Crippen LogP contribution in [0.2, 0.25) is 0 Å². The molecule has 0 spiro atoms. The summed E-state index contributed by atoms with van der Waals surface area (Å²) in [6.07, 6.45) is 0.0703. The van der Waals surface area contributed by atoms with Gasteiger partial charge in [0.25, 0.3) is 0 Å². The highest BCUT2D eigenvalue weighted by Gasteiger charge is 2.21. The quantitative estimate of drug-likeness (QED) is 0.675. The first kappa shape index (κ1) is 17.6. The lowest BCUT2D eigenvalue weighted by atomic mass is 9.88. The molecule has 1 N–H and O–H groups in total. The number of nitrogens with zero attached hydrogens (tertiary/aromatic N) is 1. The van der Waals surface area contributed by atoms with Crippen LogP contribution in [0.5, 0.6) is 0 Å². The van der Waals surface area contributed by atoms with E-state index in [4.69, 9.17) is 4.74 Å². The van der Waals surface area contributed by atoms with Crippen molar-refractivity contribution in [3.63, 3.8) is 0 Å². The molecule has 1 heterocycles. The van der Waals surface area contributed by atoms with Gasteiger partial charge in [0, 0.05) is 49.4 Å². The Balaban J connectivity index is 2.12. The van der Waals surface area contributed by atoms with Crippen molar-refractivity contribution >= 4 is 16.6 Å². The highest BCUT2D eigenvalue weighted by Crippen LogP contribution is 2.37. The van der Waals surface area contributed by atoms with Crippen LogP contribution < -0.4 is 4.90 Å². The van der Waals surface area contributed by atoms with E-state index in [0.29, 0.717) is 5.92 Å². The molecule has 2 aromatic carbocycles. The van der Waals surface area contributed by atoms with E-state index in [2.05, 4.69) is 87.2 Å². The third-order valence-electron chi connectivity index (χ3n) is 5.23. The Morgan fingerprint density at radius 3 is 2.28 bits per heavy atom. The van der Waals surface area contributed by atoms with Gasteiger partial charge in [-0.25, -0.2) is 0 Å². The first-order valence-corrected chi connectivity index (χ1v) is 8.85. The lowest BCUT2D eigenvalue weighted by Crippen LogP contribution is -2.08. The molecule has 3 nitrogen and oxygen atoms in total. The van der Waals surface area contributed by atoms with Gasteiger partial charge in [-0.15, -0.1) is 0 Å². The van der Waals surface area contributed by atoms with Gasteiger partial charge in [-0.3, -0.25) is 0 Å². The molecular weight excluding hydrogens is 308 g/mol. The number of aromatic amines is 1. The molecule has 0 saturated heterocycles. The summed E-state index contributed by atoms with van der Waals surface area (Å²) in [5, 5.41) is 1.30. The zero-order valence-electron chi connectivity index (χ0n) is 16.1. The Kier molecular flexibility index (Phi) is 4.87. The van der Waals surface area contributed by atoms with Gasteiger partial charge in [-0.05, 0) is 48.7 Å². The molecule has 0 aliphatic heterocycles. The summed E-state index contributed by atoms with van der Waals surface area (Å²) in [7, 11) is 5.91. The maximum atomic E-state index is 5.62. The van der Waals surface area contributed by atoms with Crippen molar-refractivity contribution in [2.24, 2.45) is 0 Å². The Labute approximate surface area is 150 Å². The van der Waals surface area contributed by atoms with Crippen LogP contribution in [0.15, 0.2) is 42.5 Å². The van der Waals surface area contributed by atoms with Crippen LogP contribution in [0.3, 0.4) is 0 Å². The second kappa shape index (κ2) is 6.93. The molecule has 132 valence electrons. The van der Waals surface area contributed by atoms with E-state index in [1.54, 1.807) is 7.11 Å². The number of rotatable bonds is 5. The predicted octanol–water partition coefficient (Wildman–Crippen LogP) is 5.40. The zero-order chi connectivity index (χ0) is 18.1. The summed E-state index contributed by atoms with van der Waals surface area (Å²) in [4.78, 5) is 5.69. The normalized spacial score (nSPS) is 13.8. The van der Waals surface area contributed by atoms with Gasteiger partial charge in [-0.2, -0.15) is 0 Å². The lowest BCUT2D eigenvalue weighted by Gasteiger charge is -2.18. The minimum atomic E-state index is 0.0703. The minimum Gasteiger partial charge on any atom is -0.378 e. The Morgan fingerprint density at radius 2 is 1.68 bits per heavy atom. The molecule has 0 aliphatic rings. The molecule has 0 radical (unpaired) electrons. The Morgan fingerprint density at radius 1 is 1.00 bits per heavy atom. The van der Waals surface area contributed by atoms with Gasteiger partial charge >= 0.3 is 0 Å². The van der Waals surface area contributed by atoms with Crippen molar-refractivity contribution in [3.05, 3.63) is 64.8 Å². The highest BCUT2D eigenvalue weighted by atomic mass is 16.5. The summed E-state index contributed by atoms with van der Waals surface area (Å²) in [6.45, 7) is 6.56. The summed E-state index contributed by atoms with van der Waals surface area (Å²) in [6, 6.07) is 15.3. The third kappa shape index (κ3) is 3.16. The summed E-state index contributed by atoms with van der Waals surface area (Å²) in [5.41, 5.74) is 7.58. The molecule has 3 aromatic rings. The van der Waals surface area contributed by atoms with E-state index in [0.717, 1.165) is 0 Å². The number of H-pyrrole nitrogens is 1. The predicted molar refractivity (Wildman–Crippen MR) is 107 cm³/mol. The number of aryl methyl sites for hydroxylation is 1. The zero-order valence-corrected chi connectivity index (χ0v) is 16.1. The third-order valence-corrected chi connectivity index (χ3v) is 5.23. The topological polar surface area (TPSA) is 28.3 Å². The Hall–Kier alpha value is -2.26. The van der Waals surface area contributed by atoms with Crippen LogP contribution in [0.4, 0.5) is 5.69 Å². The van der Waals surface area contributed by atoms with Crippen LogP contribution in [-0.2, 0) is 4.74 Å².